The molecule has 0 aromatic heterocycles. The van der Waals surface area contributed by atoms with Gasteiger partial charge in [-0.15, -0.1) is 0 Å². The van der Waals surface area contributed by atoms with Gasteiger partial charge in [-0.1, -0.05) is 23.7 Å². The number of halogens is 2. The van der Waals surface area contributed by atoms with Crippen LogP contribution in [-0.4, -0.2) is 5.11 Å². The van der Waals surface area contributed by atoms with Crippen LogP contribution in [0, 0.1) is 5.82 Å². The van der Waals surface area contributed by atoms with E-state index in [1.54, 1.807) is 12.1 Å². The van der Waals surface area contributed by atoms with Crippen molar-refractivity contribution in [2.75, 3.05) is 0 Å². The average molecular weight is 267 g/mol. The van der Waals surface area contributed by atoms with E-state index in [0.29, 0.717) is 22.9 Å². The lowest BCUT2D eigenvalue weighted by Gasteiger charge is -2.10. The fourth-order valence-corrected chi connectivity index (χ4v) is 1.68. The maximum absolute atomic E-state index is 13.0. The molecule has 0 unspecified atom stereocenters. The Balaban J connectivity index is 2.08. The Kier molecular flexibility index (Phi) is 4.18. The Morgan fingerprint density at radius 1 is 1.11 bits per heavy atom. The molecule has 0 amide bonds. The molecule has 0 radical (unpaired) electrons. The number of hydrogen-bond acceptors (Lipinski definition) is 2. The second-order valence-corrected chi connectivity index (χ2v) is 4.26. The highest BCUT2D eigenvalue weighted by molar-refractivity contribution is 6.30. The van der Waals surface area contributed by atoms with E-state index in [9.17, 15) is 4.39 Å². The summed E-state index contributed by atoms with van der Waals surface area (Å²) in [6, 6.07) is 11.3. The maximum atomic E-state index is 13.0. The van der Waals surface area contributed by atoms with Gasteiger partial charge in [-0.05, 0) is 35.9 Å². The van der Waals surface area contributed by atoms with E-state index in [0.717, 1.165) is 5.56 Å². The fraction of sp³-hybridized carbons (Fsp3) is 0.143. The first kappa shape index (κ1) is 12.9. The standard InChI is InChI=1S/C14H12ClFO2/c15-12-3-1-10(2-4-12)9-18-14-6-5-13(16)7-11(14)8-17/h1-7,17H,8-9H2. The molecule has 4 heteroatoms. The zero-order chi connectivity index (χ0) is 13.0. The third-order valence-corrected chi connectivity index (χ3v) is 2.75. The summed E-state index contributed by atoms with van der Waals surface area (Å²) in [6.45, 7) is 0.0868. The van der Waals surface area contributed by atoms with Crippen molar-refractivity contribution in [3.8, 4) is 5.75 Å². The summed E-state index contributed by atoms with van der Waals surface area (Å²) in [4.78, 5) is 0. The highest BCUT2D eigenvalue weighted by Gasteiger charge is 2.05. The minimum atomic E-state index is -0.391. The quantitative estimate of drug-likeness (QED) is 0.917. The van der Waals surface area contributed by atoms with Crippen molar-refractivity contribution in [3.05, 3.63) is 64.4 Å². The van der Waals surface area contributed by atoms with Crippen LogP contribution in [0.2, 0.25) is 5.02 Å². The molecule has 0 heterocycles. The lowest BCUT2D eigenvalue weighted by molar-refractivity contribution is 0.258. The molecule has 2 nitrogen and oxygen atoms in total. The van der Waals surface area contributed by atoms with Crippen molar-refractivity contribution >= 4 is 11.6 Å². The van der Waals surface area contributed by atoms with E-state index >= 15 is 0 Å². The lowest BCUT2D eigenvalue weighted by atomic mass is 10.2. The maximum Gasteiger partial charge on any atom is 0.125 e. The molecule has 18 heavy (non-hydrogen) atoms. The molecule has 2 rings (SSSR count). The minimum absolute atomic E-state index is 0.256. The second-order valence-electron chi connectivity index (χ2n) is 3.83. The summed E-state index contributed by atoms with van der Waals surface area (Å²) in [5.41, 5.74) is 1.39. The number of aliphatic hydroxyl groups is 1. The minimum Gasteiger partial charge on any atom is -0.489 e. The summed E-state index contributed by atoms with van der Waals surface area (Å²) in [6.07, 6.45) is 0. The van der Waals surface area contributed by atoms with Gasteiger partial charge >= 0.3 is 0 Å². The monoisotopic (exact) mass is 266 g/mol. The van der Waals surface area contributed by atoms with Crippen LogP contribution in [0.15, 0.2) is 42.5 Å². The summed E-state index contributed by atoms with van der Waals surface area (Å²) in [5.74, 6) is 0.0896. The van der Waals surface area contributed by atoms with Crippen LogP contribution in [0.1, 0.15) is 11.1 Å². The van der Waals surface area contributed by atoms with Gasteiger partial charge in [-0.3, -0.25) is 0 Å². The third kappa shape index (κ3) is 3.22. The Labute approximate surface area is 110 Å². The molecule has 0 saturated heterocycles. The Hall–Kier alpha value is -1.58. The van der Waals surface area contributed by atoms with Crippen molar-refractivity contribution in [2.45, 2.75) is 13.2 Å². The summed E-state index contributed by atoms with van der Waals surface area (Å²) >= 11 is 5.78. The predicted molar refractivity (Wildman–Crippen MR) is 68.1 cm³/mol. The average Bonchev–Trinajstić information content (AvgIpc) is 2.39. The molecule has 1 N–H and O–H groups in total. The van der Waals surface area contributed by atoms with Crippen LogP contribution in [0.3, 0.4) is 0 Å². The zero-order valence-corrected chi connectivity index (χ0v) is 10.3. The molecule has 2 aromatic carbocycles. The van der Waals surface area contributed by atoms with Gasteiger partial charge in [0, 0.05) is 10.6 Å². The van der Waals surface area contributed by atoms with Crippen molar-refractivity contribution in [1.29, 1.82) is 0 Å². The van der Waals surface area contributed by atoms with Gasteiger partial charge in [0.1, 0.15) is 18.2 Å². The van der Waals surface area contributed by atoms with Gasteiger partial charge in [0.2, 0.25) is 0 Å². The predicted octanol–water partition coefficient (Wildman–Crippen LogP) is 3.55. The number of hydrogen-bond donors (Lipinski definition) is 1. The fourth-order valence-electron chi connectivity index (χ4n) is 1.55. The van der Waals surface area contributed by atoms with Gasteiger partial charge in [-0.2, -0.15) is 0 Å². The van der Waals surface area contributed by atoms with E-state index < -0.39 is 5.82 Å². The molecule has 2 aromatic rings. The summed E-state index contributed by atoms with van der Waals surface area (Å²) < 4.78 is 18.5. The number of benzene rings is 2. The molecule has 0 saturated carbocycles. The Morgan fingerprint density at radius 3 is 2.50 bits per heavy atom. The van der Waals surface area contributed by atoms with Crippen molar-refractivity contribution < 1.29 is 14.2 Å². The number of ether oxygens (including phenoxy) is 1. The van der Waals surface area contributed by atoms with E-state index in [4.69, 9.17) is 21.4 Å². The normalized spacial score (nSPS) is 10.4. The molecular formula is C14H12ClFO2. The largest absolute Gasteiger partial charge is 0.489 e. The third-order valence-electron chi connectivity index (χ3n) is 2.50. The lowest BCUT2D eigenvalue weighted by Crippen LogP contribution is -1.99. The zero-order valence-electron chi connectivity index (χ0n) is 9.57. The number of rotatable bonds is 4. The highest BCUT2D eigenvalue weighted by atomic mass is 35.5. The topological polar surface area (TPSA) is 29.5 Å². The smallest absolute Gasteiger partial charge is 0.125 e. The van der Waals surface area contributed by atoms with Crippen molar-refractivity contribution in [2.24, 2.45) is 0 Å². The molecule has 0 aliphatic heterocycles. The molecule has 94 valence electrons. The van der Waals surface area contributed by atoms with Gasteiger partial charge in [0.15, 0.2) is 0 Å². The first-order valence-electron chi connectivity index (χ1n) is 5.45. The Bertz CT molecular complexity index is 526. The van der Waals surface area contributed by atoms with Gasteiger partial charge in [0.25, 0.3) is 0 Å². The van der Waals surface area contributed by atoms with Crippen LogP contribution in [0.4, 0.5) is 4.39 Å². The molecule has 0 fully saturated rings. The molecule has 0 bridgehead atoms. The highest BCUT2D eigenvalue weighted by Crippen LogP contribution is 2.21. The molecular weight excluding hydrogens is 255 g/mol. The van der Waals surface area contributed by atoms with Crippen LogP contribution < -0.4 is 4.74 Å². The van der Waals surface area contributed by atoms with Crippen LogP contribution in [0.5, 0.6) is 5.75 Å². The Morgan fingerprint density at radius 2 is 1.83 bits per heavy atom. The molecule has 0 spiro atoms. The van der Waals surface area contributed by atoms with E-state index in [-0.39, 0.29) is 6.61 Å². The van der Waals surface area contributed by atoms with Gasteiger partial charge < -0.3 is 9.84 Å². The number of aliphatic hydroxyl groups excluding tert-OH is 1. The first-order chi connectivity index (χ1) is 8.69. The van der Waals surface area contributed by atoms with E-state index in [2.05, 4.69) is 0 Å². The van der Waals surface area contributed by atoms with Gasteiger partial charge in [0.05, 0.1) is 6.61 Å². The van der Waals surface area contributed by atoms with Crippen LogP contribution in [0.25, 0.3) is 0 Å². The first-order valence-corrected chi connectivity index (χ1v) is 5.83. The summed E-state index contributed by atoms with van der Waals surface area (Å²) in [7, 11) is 0. The van der Waals surface area contributed by atoms with Gasteiger partial charge in [-0.25, -0.2) is 4.39 Å². The molecule has 0 atom stereocenters. The van der Waals surface area contributed by atoms with Crippen molar-refractivity contribution in [1.82, 2.24) is 0 Å². The summed E-state index contributed by atoms with van der Waals surface area (Å²) in [5, 5.41) is 9.78. The van der Waals surface area contributed by atoms with Crippen LogP contribution >= 0.6 is 11.6 Å². The molecule has 0 aliphatic rings. The van der Waals surface area contributed by atoms with E-state index in [1.165, 1.54) is 18.2 Å². The van der Waals surface area contributed by atoms with Crippen molar-refractivity contribution in [3.63, 3.8) is 0 Å². The van der Waals surface area contributed by atoms with E-state index in [1.807, 2.05) is 12.1 Å². The second kappa shape index (κ2) is 5.85. The SMILES string of the molecule is OCc1cc(F)ccc1OCc1ccc(Cl)cc1. The van der Waals surface area contributed by atoms with Crippen LogP contribution in [-0.2, 0) is 13.2 Å². The molecule has 0 aliphatic carbocycles.